The molecule has 0 aromatic heterocycles. The highest BCUT2D eigenvalue weighted by atomic mass is 31.1. The Balaban J connectivity index is 1.83. The summed E-state index contributed by atoms with van der Waals surface area (Å²) in [6.07, 6.45) is 2.12. The van der Waals surface area contributed by atoms with Crippen molar-refractivity contribution < 1.29 is 13.9 Å². The Labute approximate surface area is 113 Å². The lowest BCUT2D eigenvalue weighted by atomic mass is 10.1. The Hall–Kier alpha value is -1.29. The summed E-state index contributed by atoms with van der Waals surface area (Å²) in [6.45, 7) is 0.819. The van der Waals surface area contributed by atoms with Crippen LogP contribution in [0.5, 0.6) is 0 Å². The van der Waals surface area contributed by atoms with E-state index in [-0.39, 0.29) is 5.78 Å². The van der Waals surface area contributed by atoms with Crippen LogP contribution in [0.3, 0.4) is 0 Å². The second-order valence-electron chi connectivity index (χ2n) is 4.60. The molecule has 0 radical (unpaired) electrons. The van der Waals surface area contributed by atoms with Crippen LogP contribution in [0.1, 0.15) is 18.4 Å². The summed E-state index contributed by atoms with van der Waals surface area (Å²) >= 11 is 0. The molecular formula is C13H18N2O3P+. The number of carbonyl (C=O) groups excluding carboxylic acids is 1. The maximum Gasteiger partial charge on any atom is 0.578 e. The van der Waals surface area contributed by atoms with Gasteiger partial charge in [0.1, 0.15) is 6.04 Å². The topological polar surface area (TPSA) is 81.4 Å². The van der Waals surface area contributed by atoms with E-state index in [2.05, 4.69) is 5.32 Å². The van der Waals surface area contributed by atoms with E-state index < -0.39 is 20.0 Å². The zero-order chi connectivity index (χ0) is 13.7. The van der Waals surface area contributed by atoms with E-state index in [9.17, 15) is 9.36 Å². The summed E-state index contributed by atoms with van der Waals surface area (Å²) in [5, 5.41) is 3.05. The van der Waals surface area contributed by atoms with E-state index in [0.717, 1.165) is 24.9 Å². The Morgan fingerprint density at radius 3 is 2.84 bits per heavy atom. The molecule has 1 heterocycles. The highest BCUT2D eigenvalue weighted by molar-refractivity contribution is 7.40. The minimum Gasteiger partial charge on any atom is -0.318 e. The second kappa shape index (κ2) is 6.75. The van der Waals surface area contributed by atoms with Crippen LogP contribution in [0.4, 0.5) is 0 Å². The molecule has 1 aliphatic rings. The summed E-state index contributed by atoms with van der Waals surface area (Å²) in [5.41, 5.74) is 6.73. The largest absolute Gasteiger partial charge is 0.578 e. The van der Waals surface area contributed by atoms with Gasteiger partial charge in [-0.25, -0.2) is 9.32 Å². The summed E-state index contributed by atoms with van der Waals surface area (Å²) in [7, 11) is -2.02. The highest BCUT2D eigenvalue weighted by Gasteiger charge is 2.39. The fourth-order valence-corrected chi connectivity index (χ4v) is 3.13. The lowest BCUT2D eigenvalue weighted by Gasteiger charge is -2.06. The van der Waals surface area contributed by atoms with Gasteiger partial charge in [-0.1, -0.05) is 30.3 Å². The van der Waals surface area contributed by atoms with Crippen molar-refractivity contribution in [2.24, 2.45) is 5.73 Å². The third kappa shape index (κ3) is 4.10. The molecule has 2 rings (SSSR count). The van der Waals surface area contributed by atoms with Gasteiger partial charge in [0, 0.05) is 6.42 Å². The van der Waals surface area contributed by atoms with Gasteiger partial charge in [0.2, 0.25) is 5.78 Å². The maximum atomic E-state index is 11.8. The molecule has 3 N–H and O–H groups in total. The van der Waals surface area contributed by atoms with E-state index >= 15 is 0 Å². The van der Waals surface area contributed by atoms with E-state index in [1.54, 1.807) is 0 Å². The van der Waals surface area contributed by atoms with Crippen LogP contribution in [0.2, 0.25) is 0 Å². The zero-order valence-corrected chi connectivity index (χ0v) is 11.5. The third-order valence-corrected chi connectivity index (χ3v) is 4.38. The number of hydrogen-bond acceptors (Lipinski definition) is 5. The van der Waals surface area contributed by atoms with Crippen LogP contribution in [-0.2, 0) is 20.3 Å². The lowest BCUT2D eigenvalue weighted by molar-refractivity contribution is -0.135. The Bertz CT molecular complexity index is 446. The van der Waals surface area contributed by atoms with Crippen LogP contribution in [-0.4, -0.2) is 24.3 Å². The third-order valence-electron chi connectivity index (χ3n) is 3.07. The first-order valence-electron chi connectivity index (χ1n) is 6.38. The number of nitrogens with two attached hydrogens (primary N) is 1. The molecule has 0 amide bonds. The van der Waals surface area contributed by atoms with E-state index in [4.69, 9.17) is 10.3 Å². The van der Waals surface area contributed by atoms with Crippen molar-refractivity contribution in [3.05, 3.63) is 35.9 Å². The highest BCUT2D eigenvalue weighted by Crippen LogP contribution is 2.33. The molecule has 1 aromatic carbocycles. The maximum absolute atomic E-state index is 11.8. The van der Waals surface area contributed by atoms with Crippen molar-refractivity contribution in [2.45, 2.75) is 31.1 Å². The Morgan fingerprint density at radius 2 is 2.21 bits per heavy atom. The lowest BCUT2D eigenvalue weighted by Crippen LogP contribution is -2.34. The fraction of sp³-hybridized carbons (Fsp3) is 0.462. The van der Waals surface area contributed by atoms with Crippen molar-refractivity contribution in [2.75, 3.05) is 6.54 Å². The monoisotopic (exact) mass is 281 g/mol. The molecule has 19 heavy (non-hydrogen) atoms. The summed E-state index contributed by atoms with van der Waals surface area (Å²) in [5.74, 6) is -0.818. The zero-order valence-electron chi connectivity index (χ0n) is 10.6. The first-order valence-corrected chi connectivity index (χ1v) is 7.62. The van der Waals surface area contributed by atoms with Crippen molar-refractivity contribution in [3.63, 3.8) is 0 Å². The normalized spacial score (nSPS) is 20.9. The molecule has 0 saturated carbocycles. The molecule has 1 saturated heterocycles. The Morgan fingerprint density at radius 1 is 1.47 bits per heavy atom. The van der Waals surface area contributed by atoms with Gasteiger partial charge in [-0.3, -0.25) is 5.32 Å². The first-order chi connectivity index (χ1) is 9.16. The SMILES string of the molecule is N[C@@H](Cc1ccccc1)C(=O)O[P+](=O)[C@@H]1CCCN1. The molecule has 1 aromatic rings. The van der Waals surface area contributed by atoms with Gasteiger partial charge in [-0.15, -0.1) is 0 Å². The minimum absolute atomic E-state index is 0.220. The minimum atomic E-state index is -2.02. The quantitative estimate of drug-likeness (QED) is 0.800. The molecular weight excluding hydrogens is 263 g/mol. The standard InChI is InChI=1S/C13H18N2O3P/c14-11(9-10-5-2-1-3-6-10)13(16)18-19(17)12-7-4-8-15-12/h1-3,5-6,11-12,15H,4,7-9,14H2/q+1/t11-,12+/m0/s1. The van der Waals surface area contributed by atoms with Crippen LogP contribution in [0, 0.1) is 0 Å². The van der Waals surface area contributed by atoms with Gasteiger partial charge >= 0.3 is 14.0 Å². The predicted octanol–water partition coefficient (Wildman–Crippen LogP) is 1.55. The van der Waals surface area contributed by atoms with Crippen molar-refractivity contribution in [1.82, 2.24) is 5.32 Å². The molecule has 102 valence electrons. The van der Waals surface area contributed by atoms with Crippen LogP contribution < -0.4 is 11.1 Å². The molecule has 5 nitrogen and oxygen atoms in total. The van der Waals surface area contributed by atoms with Crippen molar-refractivity contribution in [3.8, 4) is 0 Å². The van der Waals surface area contributed by atoms with Crippen LogP contribution in [0.15, 0.2) is 30.3 Å². The van der Waals surface area contributed by atoms with Gasteiger partial charge in [0.15, 0.2) is 0 Å². The van der Waals surface area contributed by atoms with Gasteiger partial charge < -0.3 is 5.73 Å². The predicted molar refractivity (Wildman–Crippen MR) is 72.8 cm³/mol. The number of carbonyl (C=O) groups is 1. The van der Waals surface area contributed by atoms with Gasteiger partial charge in [0.05, 0.1) is 0 Å². The summed E-state index contributed by atoms with van der Waals surface area (Å²) < 4.78 is 16.8. The summed E-state index contributed by atoms with van der Waals surface area (Å²) in [4.78, 5) is 11.8. The average Bonchev–Trinajstić information content (AvgIpc) is 2.93. The molecule has 3 atom stereocenters. The van der Waals surface area contributed by atoms with E-state index in [1.165, 1.54) is 0 Å². The second-order valence-corrected chi connectivity index (χ2v) is 5.98. The number of benzene rings is 1. The Kier molecular flexibility index (Phi) is 5.02. The molecule has 0 spiro atoms. The molecule has 0 bridgehead atoms. The van der Waals surface area contributed by atoms with Crippen molar-refractivity contribution in [1.29, 1.82) is 0 Å². The molecule has 0 aliphatic carbocycles. The van der Waals surface area contributed by atoms with Crippen LogP contribution >= 0.6 is 8.03 Å². The van der Waals surface area contributed by atoms with Crippen molar-refractivity contribution >= 4 is 14.0 Å². The van der Waals surface area contributed by atoms with E-state index in [1.807, 2.05) is 30.3 Å². The first kappa shape index (κ1) is 14.1. The number of hydrogen-bond donors (Lipinski definition) is 2. The smallest absolute Gasteiger partial charge is 0.318 e. The molecule has 6 heteroatoms. The average molecular weight is 281 g/mol. The fourth-order valence-electron chi connectivity index (χ4n) is 2.02. The molecule has 1 fully saturated rings. The van der Waals surface area contributed by atoms with Crippen LogP contribution in [0.25, 0.3) is 0 Å². The number of nitrogens with one attached hydrogen (secondary N) is 1. The van der Waals surface area contributed by atoms with Gasteiger partial charge in [-0.2, -0.15) is 0 Å². The summed E-state index contributed by atoms with van der Waals surface area (Å²) in [6, 6.07) is 8.68. The molecule has 1 unspecified atom stereocenters. The number of rotatable bonds is 5. The van der Waals surface area contributed by atoms with Gasteiger partial charge in [0.25, 0.3) is 0 Å². The van der Waals surface area contributed by atoms with Gasteiger partial charge in [-0.05, 0) is 29.5 Å². The van der Waals surface area contributed by atoms with E-state index in [0.29, 0.717) is 6.42 Å². The molecule has 1 aliphatic heterocycles.